The number of hydrogen-bond donors (Lipinski definition) is 1. The van der Waals surface area contributed by atoms with Gasteiger partial charge < -0.3 is 5.32 Å². The molecule has 0 radical (unpaired) electrons. The topological polar surface area (TPSA) is 32.3 Å². The molecule has 3 nitrogen and oxygen atoms in total. The van der Waals surface area contributed by atoms with Crippen LogP contribution in [0, 0.1) is 17.6 Å². The quantitative estimate of drug-likeness (QED) is 0.925. The summed E-state index contributed by atoms with van der Waals surface area (Å²) in [4.78, 5) is 14.2. The summed E-state index contributed by atoms with van der Waals surface area (Å²) in [6, 6.07) is 4.05. The van der Waals surface area contributed by atoms with Crippen molar-refractivity contribution in [2.24, 2.45) is 5.92 Å². The van der Waals surface area contributed by atoms with Crippen molar-refractivity contribution in [1.82, 2.24) is 10.2 Å². The van der Waals surface area contributed by atoms with Crippen molar-refractivity contribution in [3.05, 3.63) is 35.4 Å². The zero-order valence-corrected chi connectivity index (χ0v) is 11.9. The molecule has 1 saturated heterocycles. The van der Waals surface area contributed by atoms with Crippen molar-refractivity contribution < 1.29 is 13.6 Å². The minimum atomic E-state index is -0.559. The van der Waals surface area contributed by atoms with E-state index in [0.29, 0.717) is 24.7 Å². The fraction of sp³-hybridized carbons (Fsp3) is 0.562. The molecule has 1 unspecified atom stereocenters. The second-order valence-electron chi connectivity index (χ2n) is 6.09. The van der Waals surface area contributed by atoms with Gasteiger partial charge in [-0.2, -0.15) is 0 Å². The van der Waals surface area contributed by atoms with Gasteiger partial charge in [-0.15, -0.1) is 0 Å². The molecule has 0 spiro atoms. The Hall–Kier alpha value is -1.49. The summed E-state index contributed by atoms with van der Waals surface area (Å²) >= 11 is 0. The van der Waals surface area contributed by atoms with Crippen LogP contribution in [0.3, 0.4) is 0 Å². The van der Waals surface area contributed by atoms with Crippen molar-refractivity contribution in [2.45, 2.75) is 38.3 Å². The fourth-order valence-corrected chi connectivity index (χ4v) is 2.85. The van der Waals surface area contributed by atoms with Crippen LogP contribution in [0.25, 0.3) is 0 Å². The SMILES string of the molecule is O=C(NC1CC1)C1CCCN(Cc2ccc(F)cc2F)C1. The van der Waals surface area contributed by atoms with Crippen molar-refractivity contribution >= 4 is 5.91 Å². The molecule has 114 valence electrons. The molecule has 1 atom stereocenters. The zero-order valence-electron chi connectivity index (χ0n) is 11.9. The minimum absolute atomic E-state index is 0.0112. The van der Waals surface area contributed by atoms with E-state index in [1.807, 2.05) is 0 Å². The normalized spacial score (nSPS) is 23.0. The second kappa shape index (κ2) is 6.10. The summed E-state index contributed by atoms with van der Waals surface area (Å²) in [6.45, 7) is 1.93. The van der Waals surface area contributed by atoms with Gasteiger partial charge in [-0.1, -0.05) is 6.07 Å². The molecule has 1 aliphatic heterocycles. The predicted molar refractivity (Wildman–Crippen MR) is 75.5 cm³/mol. The molecule has 1 heterocycles. The van der Waals surface area contributed by atoms with Gasteiger partial charge in [0.2, 0.25) is 5.91 Å². The van der Waals surface area contributed by atoms with Crippen LogP contribution in [0.2, 0.25) is 0 Å². The smallest absolute Gasteiger partial charge is 0.224 e. The van der Waals surface area contributed by atoms with Gasteiger partial charge in [-0.05, 0) is 38.3 Å². The van der Waals surface area contributed by atoms with Crippen molar-refractivity contribution in [3.8, 4) is 0 Å². The lowest BCUT2D eigenvalue weighted by molar-refractivity contribution is -0.126. The summed E-state index contributed by atoms with van der Waals surface area (Å²) < 4.78 is 26.6. The Morgan fingerprint density at radius 3 is 2.81 bits per heavy atom. The molecule has 5 heteroatoms. The third-order valence-corrected chi connectivity index (χ3v) is 4.21. The van der Waals surface area contributed by atoms with Crippen molar-refractivity contribution in [1.29, 1.82) is 0 Å². The second-order valence-corrected chi connectivity index (χ2v) is 6.09. The number of likely N-dealkylation sites (tertiary alicyclic amines) is 1. The first-order valence-corrected chi connectivity index (χ1v) is 7.58. The van der Waals surface area contributed by atoms with Crippen LogP contribution < -0.4 is 5.32 Å². The largest absolute Gasteiger partial charge is 0.353 e. The molecule has 0 aromatic heterocycles. The van der Waals surface area contributed by atoms with E-state index in [1.165, 1.54) is 12.1 Å². The molecule has 1 amide bonds. The van der Waals surface area contributed by atoms with Gasteiger partial charge in [0.05, 0.1) is 5.92 Å². The van der Waals surface area contributed by atoms with E-state index >= 15 is 0 Å². The first-order chi connectivity index (χ1) is 10.1. The number of carbonyl (C=O) groups excluding carboxylic acids is 1. The number of amides is 1. The highest BCUT2D eigenvalue weighted by molar-refractivity contribution is 5.79. The van der Waals surface area contributed by atoms with E-state index in [1.54, 1.807) is 0 Å². The van der Waals surface area contributed by atoms with Crippen molar-refractivity contribution in [3.63, 3.8) is 0 Å². The molecule has 3 rings (SSSR count). The Morgan fingerprint density at radius 1 is 1.29 bits per heavy atom. The van der Waals surface area contributed by atoms with Crippen LogP contribution in [0.1, 0.15) is 31.2 Å². The maximum Gasteiger partial charge on any atom is 0.224 e. The summed E-state index contributed by atoms with van der Waals surface area (Å²) in [5.41, 5.74) is 0.486. The van der Waals surface area contributed by atoms with Crippen LogP contribution >= 0.6 is 0 Å². The average molecular weight is 294 g/mol. The number of hydrogen-bond acceptors (Lipinski definition) is 2. The van der Waals surface area contributed by atoms with Gasteiger partial charge in [0.25, 0.3) is 0 Å². The third-order valence-electron chi connectivity index (χ3n) is 4.21. The summed E-state index contributed by atoms with van der Waals surface area (Å²) in [7, 11) is 0. The highest BCUT2D eigenvalue weighted by atomic mass is 19.1. The summed E-state index contributed by atoms with van der Waals surface area (Å²) in [6.07, 6.45) is 4.00. The number of rotatable bonds is 4. The lowest BCUT2D eigenvalue weighted by Crippen LogP contribution is -2.43. The van der Waals surface area contributed by atoms with Gasteiger partial charge in [-0.25, -0.2) is 8.78 Å². The van der Waals surface area contributed by atoms with E-state index in [4.69, 9.17) is 0 Å². The van der Waals surface area contributed by atoms with Crippen LogP contribution in [-0.2, 0) is 11.3 Å². The standard InChI is InChI=1S/C16H20F2N2O/c17-13-4-3-11(15(18)8-13)9-20-7-1-2-12(10-20)16(21)19-14-5-6-14/h3-4,8,12,14H,1-2,5-7,9-10H2,(H,19,21). The monoisotopic (exact) mass is 294 g/mol. The molecule has 1 aliphatic carbocycles. The Kier molecular flexibility index (Phi) is 4.19. The van der Waals surface area contributed by atoms with E-state index in [-0.39, 0.29) is 11.8 Å². The van der Waals surface area contributed by atoms with E-state index in [0.717, 1.165) is 38.3 Å². The molecule has 1 aromatic rings. The molecule has 2 aliphatic rings. The Bertz CT molecular complexity index is 531. The number of nitrogens with zero attached hydrogens (tertiary/aromatic N) is 1. The number of benzene rings is 1. The number of carbonyl (C=O) groups is 1. The maximum absolute atomic E-state index is 13.7. The van der Waals surface area contributed by atoms with Gasteiger partial charge in [-0.3, -0.25) is 9.69 Å². The molecule has 21 heavy (non-hydrogen) atoms. The van der Waals surface area contributed by atoms with E-state index < -0.39 is 11.6 Å². The fourth-order valence-electron chi connectivity index (χ4n) is 2.85. The molecule has 1 saturated carbocycles. The van der Waals surface area contributed by atoms with Gasteiger partial charge >= 0.3 is 0 Å². The average Bonchev–Trinajstić information content (AvgIpc) is 3.26. The Morgan fingerprint density at radius 2 is 2.10 bits per heavy atom. The summed E-state index contributed by atoms with van der Waals surface area (Å²) in [5, 5.41) is 3.04. The van der Waals surface area contributed by atoms with Gasteiger partial charge in [0.1, 0.15) is 11.6 Å². The zero-order chi connectivity index (χ0) is 14.8. The first-order valence-electron chi connectivity index (χ1n) is 7.58. The van der Waals surface area contributed by atoms with Crippen molar-refractivity contribution in [2.75, 3.05) is 13.1 Å². The number of nitrogens with one attached hydrogen (secondary N) is 1. The number of piperidine rings is 1. The predicted octanol–water partition coefficient (Wildman–Crippen LogP) is 2.46. The molecule has 1 N–H and O–H groups in total. The Balaban J connectivity index is 1.58. The van der Waals surface area contributed by atoms with Crippen LogP contribution in [0.4, 0.5) is 8.78 Å². The van der Waals surface area contributed by atoms with E-state index in [9.17, 15) is 13.6 Å². The molecule has 2 fully saturated rings. The highest BCUT2D eigenvalue weighted by Gasteiger charge is 2.30. The lowest BCUT2D eigenvalue weighted by Gasteiger charge is -2.32. The van der Waals surface area contributed by atoms with Crippen LogP contribution in [0.15, 0.2) is 18.2 Å². The van der Waals surface area contributed by atoms with Gasteiger partial charge in [0, 0.05) is 30.8 Å². The lowest BCUT2D eigenvalue weighted by atomic mass is 9.96. The van der Waals surface area contributed by atoms with Crippen LogP contribution in [0.5, 0.6) is 0 Å². The summed E-state index contributed by atoms with van der Waals surface area (Å²) in [5.74, 6) is -0.958. The number of halogens is 2. The molecule has 1 aromatic carbocycles. The third kappa shape index (κ3) is 3.79. The van der Waals surface area contributed by atoms with Crippen LogP contribution in [-0.4, -0.2) is 29.9 Å². The Labute approximate surface area is 123 Å². The highest BCUT2D eigenvalue weighted by Crippen LogP contribution is 2.23. The van der Waals surface area contributed by atoms with Gasteiger partial charge in [0.15, 0.2) is 0 Å². The molecule has 0 bridgehead atoms. The first kappa shape index (κ1) is 14.4. The van der Waals surface area contributed by atoms with E-state index in [2.05, 4.69) is 10.2 Å². The molecular formula is C16H20F2N2O. The maximum atomic E-state index is 13.7. The molecular weight excluding hydrogens is 274 g/mol. The minimum Gasteiger partial charge on any atom is -0.353 e.